The monoisotopic (exact) mass is 444 g/mol. The number of amides is 1. The summed E-state index contributed by atoms with van der Waals surface area (Å²) in [5.41, 5.74) is 5.55. The molecule has 1 fully saturated rings. The Morgan fingerprint density at radius 2 is 1.77 bits per heavy atom. The summed E-state index contributed by atoms with van der Waals surface area (Å²) in [4.78, 5) is 20.1. The minimum atomic E-state index is -0.456. The van der Waals surface area contributed by atoms with Crippen LogP contribution in [-0.4, -0.2) is 71.7 Å². The summed E-state index contributed by atoms with van der Waals surface area (Å²) in [6, 6.07) is 0. The van der Waals surface area contributed by atoms with Crippen LogP contribution < -0.4 is 5.73 Å². The molecule has 1 heterocycles. The van der Waals surface area contributed by atoms with Gasteiger partial charge in [0.05, 0.1) is 6.54 Å². The molecule has 0 aromatic rings. The van der Waals surface area contributed by atoms with Crippen molar-refractivity contribution in [1.29, 1.82) is 0 Å². The number of piperazine rings is 1. The number of nitrogens with zero attached hydrogens (tertiary/aromatic N) is 3. The van der Waals surface area contributed by atoms with E-state index < -0.39 is 5.60 Å². The first kappa shape index (κ1) is 21.6. The highest BCUT2D eigenvalue weighted by molar-refractivity contribution is 14.0. The van der Waals surface area contributed by atoms with Crippen molar-refractivity contribution in [3.05, 3.63) is 0 Å². The number of ether oxygens (including phenoxy) is 1. The highest BCUT2D eigenvalue weighted by Gasteiger charge is 2.26. The van der Waals surface area contributed by atoms with Gasteiger partial charge in [0, 0.05) is 31.4 Å². The van der Waals surface area contributed by atoms with Gasteiger partial charge in [0.25, 0.3) is 0 Å². The van der Waals surface area contributed by atoms with Crippen LogP contribution in [0.15, 0.2) is 4.99 Å². The topological polar surface area (TPSA) is 71.2 Å². The molecule has 0 aliphatic carbocycles. The van der Waals surface area contributed by atoms with Crippen LogP contribution in [0, 0.1) is 0 Å². The molecule has 0 bridgehead atoms. The van der Waals surface area contributed by atoms with Crippen LogP contribution in [-0.2, 0) is 4.74 Å². The average molecular weight is 444 g/mol. The highest BCUT2D eigenvalue weighted by Crippen LogP contribution is 2.12. The fourth-order valence-electron chi connectivity index (χ4n) is 1.84. The number of aliphatic imine (C=N–C) groups is 1. The number of thioether (sulfide) groups is 1. The lowest BCUT2D eigenvalue weighted by Crippen LogP contribution is -2.53. The average Bonchev–Trinajstić information content (AvgIpc) is 2.42. The SMILES string of the molecule is CSC(C)CN=C(N)N1CCN(C(=O)OC(C)(C)C)CC1.I. The lowest BCUT2D eigenvalue weighted by atomic mass is 10.2. The lowest BCUT2D eigenvalue weighted by molar-refractivity contribution is 0.0186. The van der Waals surface area contributed by atoms with Gasteiger partial charge < -0.3 is 20.3 Å². The Labute approximate surface area is 155 Å². The van der Waals surface area contributed by atoms with Gasteiger partial charge in [-0.05, 0) is 27.0 Å². The van der Waals surface area contributed by atoms with E-state index in [1.165, 1.54) is 0 Å². The van der Waals surface area contributed by atoms with E-state index in [0.29, 0.717) is 37.4 Å². The van der Waals surface area contributed by atoms with Crippen molar-refractivity contribution in [3.63, 3.8) is 0 Å². The summed E-state index contributed by atoms with van der Waals surface area (Å²) in [5, 5.41) is 0.464. The van der Waals surface area contributed by atoms with E-state index in [1.54, 1.807) is 16.7 Å². The predicted octanol–water partition coefficient (Wildman–Crippen LogP) is 2.22. The van der Waals surface area contributed by atoms with Gasteiger partial charge in [-0.25, -0.2) is 4.79 Å². The van der Waals surface area contributed by atoms with Gasteiger partial charge in [-0.15, -0.1) is 24.0 Å². The van der Waals surface area contributed by atoms with Gasteiger partial charge in [-0.2, -0.15) is 11.8 Å². The Morgan fingerprint density at radius 1 is 1.27 bits per heavy atom. The number of rotatable bonds is 3. The summed E-state index contributed by atoms with van der Waals surface area (Å²) in [6.07, 6.45) is 1.81. The molecule has 1 unspecified atom stereocenters. The van der Waals surface area contributed by atoms with E-state index in [1.807, 2.05) is 25.7 Å². The fourth-order valence-corrected chi connectivity index (χ4v) is 2.06. The summed E-state index contributed by atoms with van der Waals surface area (Å²) in [6.45, 7) is 11.1. The number of hydrogen-bond acceptors (Lipinski definition) is 4. The van der Waals surface area contributed by atoms with Crippen molar-refractivity contribution < 1.29 is 9.53 Å². The van der Waals surface area contributed by atoms with E-state index >= 15 is 0 Å². The predicted molar refractivity (Wildman–Crippen MR) is 104 cm³/mol. The summed E-state index contributed by atoms with van der Waals surface area (Å²) in [7, 11) is 0. The van der Waals surface area contributed by atoms with Crippen LogP contribution in [0.1, 0.15) is 27.7 Å². The molecule has 0 radical (unpaired) electrons. The van der Waals surface area contributed by atoms with E-state index in [4.69, 9.17) is 10.5 Å². The zero-order valence-corrected chi connectivity index (χ0v) is 17.3. The maximum absolute atomic E-state index is 12.0. The Balaban J connectivity index is 0.00000441. The molecule has 22 heavy (non-hydrogen) atoms. The van der Waals surface area contributed by atoms with Crippen LogP contribution in [0.4, 0.5) is 4.79 Å². The third-order valence-corrected chi connectivity index (χ3v) is 4.12. The van der Waals surface area contributed by atoms with Crippen molar-refractivity contribution in [2.75, 3.05) is 39.0 Å². The molecule has 6 nitrogen and oxygen atoms in total. The van der Waals surface area contributed by atoms with Gasteiger partial charge in [0.2, 0.25) is 0 Å². The molecule has 1 atom stereocenters. The zero-order chi connectivity index (χ0) is 16.0. The quantitative estimate of drug-likeness (QED) is 0.411. The molecule has 1 saturated heterocycles. The molecule has 0 aromatic heterocycles. The Bertz CT molecular complexity index is 380. The molecule has 0 aromatic carbocycles. The third-order valence-electron chi connectivity index (χ3n) is 3.17. The largest absolute Gasteiger partial charge is 0.444 e. The first-order valence-corrected chi connectivity index (χ1v) is 8.57. The molecule has 1 aliphatic heterocycles. The van der Waals surface area contributed by atoms with Crippen LogP contribution in [0.5, 0.6) is 0 Å². The van der Waals surface area contributed by atoms with Crippen molar-refractivity contribution >= 4 is 47.8 Å². The summed E-state index contributed by atoms with van der Waals surface area (Å²) in [5.74, 6) is 0.569. The molecule has 130 valence electrons. The lowest BCUT2D eigenvalue weighted by Gasteiger charge is -2.36. The second-order valence-electron chi connectivity index (χ2n) is 6.20. The Hall–Kier alpha value is -0.380. The molecular formula is C14H29IN4O2S. The van der Waals surface area contributed by atoms with E-state index in [0.717, 1.165) is 6.54 Å². The minimum Gasteiger partial charge on any atom is -0.444 e. The minimum absolute atomic E-state index is 0. The molecule has 1 amide bonds. The number of halogens is 1. The van der Waals surface area contributed by atoms with Crippen molar-refractivity contribution in [2.45, 2.75) is 38.5 Å². The Kier molecular flexibility index (Phi) is 9.52. The van der Waals surface area contributed by atoms with Crippen LogP contribution in [0.2, 0.25) is 0 Å². The molecular weight excluding hydrogens is 415 g/mol. The second-order valence-corrected chi connectivity index (χ2v) is 7.48. The summed E-state index contributed by atoms with van der Waals surface area (Å²) < 4.78 is 5.37. The van der Waals surface area contributed by atoms with E-state index in [-0.39, 0.29) is 30.1 Å². The standard InChI is InChI=1S/C14H28N4O2S.HI/c1-11(21-5)10-16-12(15)17-6-8-18(9-7-17)13(19)20-14(2,3)4;/h11H,6-10H2,1-5H3,(H2,15,16);1H. The third kappa shape index (κ3) is 7.75. The maximum Gasteiger partial charge on any atom is 0.410 e. The number of guanidine groups is 1. The van der Waals surface area contributed by atoms with Gasteiger partial charge in [-0.1, -0.05) is 6.92 Å². The molecule has 0 saturated carbocycles. The fraction of sp³-hybridized carbons (Fsp3) is 0.857. The molecule has 0 spiro atoms. The first-order chi connectivity index (χ1) is 9.73. The van der Waals surface area contributed by atoms with Gasteiger partial charge in [0.15, 0.2) is 5.96 Å². The second kappa shape index (κ2) is 9.69. The normalized spacial score (nSPS) is 17.8. The Morgan fingerprint density at radius 3 is 2.23 bits per heavy atom. The van der Waals surface area contributed by atoms with Gasteiger partial charge in [-0.3, -0.25) is 4.99 Å². The van der Waals surface area contributed by atoms with Crippen molar-refractivity contribution in [3.8, 4) is 0 Å². The van der Waals surface area contributed by atoms with Crippen molar-refractivity contribution in [2.24, 2.45) is 10.7 Å². The maximum atomic E-state index is 12.0. The molecule has 2 N–H and O–H groups in total. The van der Waals surface area contributed by atoms with E-state index in [2.05, 4.69) is 18.2 Å². The van der Waals surface area contributed by atoms with Gasteiger partial charge in [0.1, 0.15) is 5.60 Å². The molecule has 8 heteroatoms. The van der Waals surface area contributed by atoms with Gasteiger partial charge >= 0.3 is 6.09 Å². The van der Waals surface area contributed by atoms with Crippen molar-refractivity contribution in [1.82, 2.24) is 9.80 Å². The zero-order valence-electron chi connectivity index (χ0n) is 14.2. The highest BCUT2D eigenvalue weighted by atomic mass is 127. The molecule has 1 rings (SSSR count). The molecule has 1 aliphatic rings. The number of carbonyl (C=O) groups is 1. The number of carbonyl (C=O) groups excluding carboxylic acids is 1. The number of nitrogens with two attached hydrogens (primary N) is 1. The van der Waals surface area contributed by atoms with Crippen LogP contribution >= 0.6 is 35.7 Å². The first-order valence-electron chi connectivity index (χ1n) is 7.28. The smallest absolute Gasteiger partial charge is 0.410 e. The summed E-state index contributed by atoms with van der Waals surface area (Å²) >= 11 is 1.77. The van der Waals surface area contributed by atoms with Crippen LogP contribution in [0.3, 0.4) is 0 Å². The van der Waals surface area contributed by atoms with E-state index in [9.17, 15) is 4.79 Å². The number of hydrogen-bond donors (Lipinski definition) is 1. The van der Waals surface area contributed by atoms with Crippen LogP contribution in [0.25, 0.3) is 0 Å².